The van der Waals surface area contributed by atoms with Gasteiger partial charge in [0.15, 0.2) is 8.24 Å². The van der Waals surface area contributed by atoms with E-state index in [9.17, 15) is 0 Å². The minimum Gasteiger partial charge on any atom is -0.366 e. The zero-order valence-corrected chi connectivity index (χ0v) is 19.9. The number of para-hydroxylation sites is 4. The summed E-state index contributed by atoms with van der Waals surface area (Å²) in [5.41, 5.74) is 7.57. The molecule has 5 rings (SSSR count). The van der Waals surface area contributed by atoms with E-state index in [2.05, 4.69) is 111 Å². The molecule has 3 aliphatic rings. The third kappa shape index (κ3) is 2.90. The van der Waals surface area contributed by atoms with Gasteiger partial charge in [-0.3, -0.25) is 0 Å². The predicted octanol–water partition coefficient (Wildman–Crippen LogP) is 7.88. The van der Waals surface area contributed by atoms with Crippen LogP contribution in [0.4, 0.5) is 22.7 Å². The van der Waals surface area contributed by atoms with E-state index in [0.717, 1.165) is 17.4 Å². The van der Waals surface area contributed by atoms with Crippen LogP contribution in [0, 0.1) is 23.7 Å². The summed E-state index contributed by atoms with van der Waals surface area (Å²) in [6.45, 7) is 12.5. The molecule has 30 heavy (non-hydrogen) atoms. The van der Waals surface area contributed by atoms with Gasteiger partial charge in [-0.05, 0) is 59.9 Å². The summed E-state index contributed by atoms with van der Waals surface area (Å²) in [4.78, 5) is 0. The van der Waals surface area contributed by atoms with Gasteiger partial charge in [0.1, 0.15) is 0 Å². The Hall–Kier alpha value is -2.26. The first-order valence-corrected chi connectivity index (χ1v) is 14.6. The number of rotatable bonds is 3. The molecule has 3 heteroatoms. The Morgan fingerprint density at radius 2 is 1.57 bits per heavy atom. The van der Waals surface area contributed by atoms with Gasteiger partial charge in [-0.1, -0.05) is 81.9 Å². The lowest BCUT2D eigenvalue weighted by molar-refractivity contribution is 0.470. The van der Waals surface area contributed by atoms with E-state index < -0.39 is 8.24 Å². The van der Waals surface area contributed by atoms with Crippen LogP contribution < -0.4 is 9.88 Å². The van der Waals surface area contributed by atoms with E-state index in [0.29, 0.717) is 11.8 Å². The number of fused-ring (bicyclic) bond motifs is 3. The van der Waals surface area contributed by atoms with E-state index >= 15 is 0 Å². The summed E-state index contributed by atoms with van der Waals surface area (Å²) in [7, 11) is -1.89. The van der Waals surface area contributed by atoms with E-state index in [1.54, 1.807) is 5.57 Å². The molecule has 156 valence electrons. The van der Waals surface area contributed by atoms with Crippen LogP contribution in [0.3, 0.4) is 0 Å². The molecule has 0 radical (unpaired) electrons. The molecule has 2 aromatic carbocycles. The Labute approximate surface area is 182 Å². The highest BCUT2D eigenvalue weighted by Crippen LogP contribution is 2.59. The molecular weight excluding hydrogens is 380 g/mol. The van der Waals surface area contributed by atoms with Gasteiger partial charge in [0, 0.05) is 0 Å². The molecule has 0 spiro atoms. The van der Waals surface area contributed by atoms with Gasteiger partial charge in [-0.15, -0.1) is 0 Å². The first-order valence-electron chi connectivity index (χ1n) is 11.5. The molecule has 4 atom stereocenters. The largest absolute Gasteiger partial charge is 0.366 e. The fourth-order valence-electron chi connectivity index (χ4n) is 6.75. The Balaban J connectivity index is 1.61. The van der Waals surface area contributed by atoms with E-state index in [-0.39, 0.29) is 0 Å². The monoisotopic (exact) mass is 414 g/mol. The predicted molar refractivity (Wildman–Crippen MR) is 132 cm³/mol. The minimum atomic E-state index is -1.89. The van der Waals surface area contributed by atoms with Crippen LogP contribution in [0.1, 0.15) is 27.2 Å². The number of allylic oxidation sites excluding steroid dienone is 4. The van der Waals surface area contributed by atoms with Crippen molar-refractivity contribution in [1.82, 2.24) is 0 Å². The van der Waals surface area contributed by atoms with Gasteiger partial charge in [-0.2, -0.15) is 0 Å². The van der Waals surface area contributed by atoms with Crippen molar-refractivity contribution in [2.75, 3.05) is 9.88 Å². The Morgan fingerprint density at radius 3 is 2.17 bits per heavy atom. The minimum absolute atomic E-state index is 0.638. The van der Waals surface area contributed by atoms with E-state index in [1.165, 1.54) is 29.2 Å². The van der Waals surface area contributed by atoms with Crippen molar-refractivity contribution in [2.45, 2.75) is 45.8 Å². The summed E-state index contributed by atoms with van der Waals surface area (Å²) < 4.78 is 2.76. The van der Waals surface area contributed by atoms with Crippen LogP contribution in [-0.4, -0.2) is 8.24 Å². The molecule has 1 fully saturated rings. The molecule has 2 aliphatic carbocycles. The van der Waals surface area contributed by atoms with Gasteiger partial charge in [0.05, 0.1) is 22.7 Å². The second-order valence-electron chi connectivity index (χ2n) is 10.3. The van der Waals surface area contributed by atoms with Crippen molar-refractivity contribution in [3.05, 3.63) is 72.3 Å². The number of benzene rings is 2. The molecule has 2 nitrogen and oxygen atoms in total. The summed E-state index contributed by atoms with van der Waals surface area (Å²) >= 11 is 0. The summed E-state index contributed by atoms with van der Waals surface area (Å²) in [6.07, 6.45) is 8.63. The van der Waals surface area contributed by atoms with Crippen LogP contribution in [0.2, 0.25) is 18.6 Å². The highest BCUT2D eigenvalue weighted by Gasteiger charge is 2.53. The topological polar surface area (TPSA) is 15.3 Å². The Morgan fingerprint density at radius 1 is 0.967 bits per heavy atom. The molecular formula is C27H34N2Si. The lowest BCUT2D eigenvalue weighted by Gasteiger charge is -2.49. The van der Waals surface area contributed by atoms with Crippen LogP contribution >= 0.6 is 0 Å². The second kappa shape index (κ2) is 7.16. The lowest BCUT2D eigenvalue weighted by Crippen LogP contribution is -2.53. The lowest BCUT2D eigenvalue weighted by atomic mass is 9.79. The van der Waals surface area contributed by atoms with Gasteiger partial charge in [-0.25, -0.2) is 0 Å². The maximum atomic E-state index is 3.68. The van der Waals surface area contributed by atoms with Crippen LogP contribution in [0.15, 0.2) is 72.3 Å². The third-order valence-electron chi connectivity index (χ3n) is 7.79. The Bertz CT molecular complexity index is 974. The summed E-state index contributed by atoms with van der Waals surface area (Å²) in [5.74, 6) is 2.76. The van der Waals surface area contributed by atoms with Crippen molar-refractivity contribution >= 4 is 31.0 Å². The van der Waals surface area contributed by atoms with Crippen molar-refractivity contribution < 1.29 is 0 Å². The molecule has 1 aliphatic heterocycles. The highest BCUT2D eigenvalue weighted by molar-refractivity contribution is 6.84. The number of nitrogens with one attached hydrogen (secondary N) is 1. The fourth-order valence-corrected chi connectivity index (χ4v) is 11.5. The fraction of sp³-hybridized carbons (Fsp3) is 0.407. The average molecular weight is 415 g/mol. The highest BCUT2D eigenvalue weighted by atomic mass is 28.3. The second-order valence-corrected chi connectivity index (χ2v) is 14.7. The van der Waals surface area contributed by atoms with E-state index in [4.69, 9.17) is 0 Å². The SMILES string of the molecule is CC(C)C1=CC=CC2C1CC(C)C2[Si](C)(C)N1c2ccccc2Nc2ccccc21. The van der Waals surface area contributed by atoms with Crippen molar-refractivity contribution in [3.8, 4) is 0 Å². The van der Waals surface area contributed by atoms with Gasteiger partial charge in [0.2, 0.25) is 0 Å². The Kier molecular flexibility index (Phi) is 4.70. The molecule has 0 amide bonds. The van der Waals surface area contributed by atoms with Gasteiger partial charge >= 0.3 is 0 Å². The zero-order chi connectivity index (χ0) is 21.0. The van der Waals surface area contributed by atoms with Crippen LogP contribution in [-0.2, 0) is 0 Å². The molecule has 1 N–H and O–H groups in total. The maximum Gasteiger partial charge on any atom is 0.160 e. The smallest absolute Gasteiger partial charge is 0.160 e. The standard InChI is InChI=1S/C27H34N2Si/c1-18(2)20-11-10-12-21-22(20)17-19(3)27(21)30(4,5)29-25-15-8-6-13-23(25)28-24-14-7-9-16-26(24)29/h6-16,18-19,21-22,27-28H,17H2,1-5H3. The van der Waals surface area contributed by atoms with Crippen LogP contribution in [0.25, 0.3) is 0 Å². The number of hydrogen-bond acceptors (Lipinski definition) is 2. The normalized spacial score (nSPS) is 27.3. The molecule has 0 saturated heterocycles. The molecule has 2 aromatic rings. The van der Waals surface area contributed by atoms with Crippen molar-refractivity contribution in [2.24, 2.45) is 23.7 Å². The number of nitrogens with zero attached hydrogens (tertiary/aromatic N) is 1. The zero-order valence-electron chi connectivity index (χ0n) is 18.9. The number of anilines is 4. The van der Waals surface area contributed by atoms with E-state index in [1.807, 2.05) is 0 Å². The summed E-state index contributed by atoms with van der Waals surface area (Å²) in [5, 5.41) is 3.68. The van der Waals surface area contributed by atoms with Crippen molar-refractivity contribution in [1.29, 1.82) is 0 Å². The number of hydrogen-bond donors (Lipinski definition) is 1. The first kappa shape index (κ1) is 19.7. The van der Waals surface area contributed by atoms with Crippen LogP contribution in [0.5, 0.6) is 0 Å². The summed E-state index contributed by atoms with van der Waals surface area (Å²) in [6, 6.07) is 17.7. The van der Waals surface area contributed by atoms with Gasteiger partial charge < -0.3 is 9.88 Å². The quantitative estimate of drug-likeness (QED) is 0.514. The molecule has 1 heterocycles. The molecule has 0 aromatic heterocycles. The average Bonchev–Trinajstić information content (AvgIpc) is 3.08. The molecule has 4 unspecified atom stereocenters. The van der Waals surface area contributed by atoms with Gasteiger partial charge in [0.25, 0.3) is 0 Å². The molecule has 1 saturated carbocycles. The third-order valence-corrected chi connectivity index (χ3v) is 12.0. The first-order chi connectivity index (χ1) is 14.4. The van der Waals surface area contributed by atoms with Crippen molar-refractivity contribution in [3.63, 3.8) is 0 Å². The molecule has 0 bridgehead atoms. The maximum absolute atomic E-state index is 3.68.